The monoisotopic (exact) mass is 594 g/mol. The van der Waals surface area contributed by atoms with Gasteiger partial charge in [-0.2, -0.15) is 5.26 Å². The number of hydrogen-bond donors (Lipinski definition) is 1. The topological polar surface area (TPSA) is 59.4 Å². The Labute approximate surface area is 216 Å². The van der Waals surface area contributed by atoms with E-state index >= 15 is 0 Å². The van der Waals surface area contributed by atoms with Crippen LogP contribution in [0.4, 0.5) is 30.2 Å². The molecule has 2 aromatic rings. The molecule has 0 bridgehead atoms. The molecule has 9 heteroatoms. The van der Waals surface area contributed by atoms with Gasteiger partial charge in [-0.25, -0.2) is 13.2 Å². The van der Waals surface area contributed by atoms with Crippen molar-refractivity contribution in [3.05, 3.63) is 50.8 Å². The van der Waals surface area contributed by atoms with Gasteiger partial charge in [-0.15, -0.1) is 0 Å². The third kappa shape index (κ3) is 5.08. The number of alkyl halides is 2. The summed E-state index contributed by atoms with van der Waals surface area (Å²) in [6.45, 7) is 1.76. The van der Waals surface area contributed by atoms with Gasteiger partial charge in [-0.05, 0) is 84.0 Å². The van der Waals surface area contributed by atoms with E-state index in [0.29, 0.717) is 11.0 Å². The van der Waals surface area contributed by atoms with Gasteiger partial charge in [0.15, 0.2) is 5.82 Å². The number of piperidine rings is 2. The first-order valence-corrected chi connectivity index (χ1v) is 13.0. The third-order valence-corrected chi connectivity index (χ3v) is 8.26. The standard InChI is InChI=1S/C26H26F3IN4O/c27-23-17(16-31)13-19(15-22(23)34-11-7-26(28,29)8-12-34)32-24(35)20-2-1-18(30)14-21(20)33-9-5-25(3-4-25)6-10-33/h1-2,13-15H,3-12H2,(H,32,35). The van der Waals surface area contributed by atoms with Gasteiger partial charge in [0.2, 0.25) is 0 Å². The molecule has 1 amide bonds. The maximum absolute atomic E-state index is 14.9. The molecule has 5 rings (SSSR count). The van der Waals surface area contributed by atoms with Gasteiger partial charge >= 0.3 is 0 Å². The summed E-state index contributed by atoms with van der Waals surface area (Å²) >= 11 is 2.23. The molecule has 2 aromatic carbocycles. The van der Waals surface area contributed by atoms with Crippen LogP contribution in [0, 0.1) is 26.1 Å². The quantitative estimate of drug-likeness (QED) is 0.431. The van der Waals surface area contributed by atoms with Crippen LogP contribution >= 0.6 is 22.6 Å². The summed E-state index contributed by atoms with van der Waals surface area (Å²) in [6.07, 6.45) is 4.08. The molecular weight excluding hydrogens is 568 g/mol. The smallest absolute Gasteiger partial charge is 0.257 e. The first-order chi connectivity index (χ1) is 16.7. The van der Waals surface area contributed by atoms with Gasteiger partial charge in [0.05, 0.1) is 22.5 Å². The SMILES string of the molecule is N#Cc1cc(NC(=O)c2ccc(I)cc2N2CCC3(CC2)CC3)cc(N2CCC(F)(F)CC2)c1F. The molecule has 3 fully saturated rings. The van der Waals surface area contributed by atoms with Crippen molar-refractivity contribution in [2.24, 2.45) is 5.41 Å². The van der Waals surface area contributed by atoms with Crippen molar-refractivity contribution in [1.82, 2.24) is 0 Å². The maximum Gasteiger partial charge on any atom is 0.257 e. The lowest BCUT2D eigenvalue weighted by Crippen LogP contribution is -2.39. The molecule has 0 unspecified atom stereocenters. The fourth-order valence-corrected chi connectivity index (χ4v) is 5.60. The second kappa shape index (κ2) is 9.19. The summed E-state index contributed by atoms with van der Waals surface area (Å²) in [5, 5.41) is 12.3. The minimum atomic E-state index is -2.77. The van der Waals surface area contributed by atoms with Crippen molar-refractivity contribution in [2.45, 2.75) is 44.4 Å². The van der Waals surface area contributed by atoms with Crippen LogP contribution in [0.2, 0.25) is 0 Å². The highest BCUT2D eigenvalue weighted by atomic mass is 127. The van der Waals surface area contributed by atoms with E-state index in [1.54, 1.807) is 6.07 Å². The van der Waals surface area contributed by atoms with E-state index in [1.165, 1.54) is 29.9 Å². The molecular formula is C26H26F3IN4O. The molecule has 0 radical (unpaired) electrons. The van der Waals surface area contributed by atoms with Gasteiger partial charge in [-0.3, -0.25) is 4.79 Å². The van der Waals surface area contributed by atoms with E-state index in [2.05, 4.69) is 32.8 Å². The molecule has 2 aliphatic heterocycles. The molecule has 2 heterocycles. The van der Waals surface area contributed by atoms with Crippen molar-refractivity contribution in [3.8, 4) is 6.07 Å². The summed E-state index contributed by atoms with van der Waals surface area (Å²) in [5.41, 5.74) is 1.98. The van der Waals surface area contributed by atoms with E-state index in [-0.39, 0.29) is 48.8 Å². The van der Waals surface area contributed by atoms with Crippen molar-refractivity contribution in [2.75, 3.05) is 41.3 Å². The Morgan fingerprint density at radius 2 is 1.57 bits per heavy atom. The van der Waals surface area contributed by atoms with Gasteiger partial charge in [0, 0.05) is 48.3 Å². The van der Waals surface area contributed by atoms with Crippen LogP contribution in [0.15, 0.2) is 30.3 Å². The molecule has 184 valence electrons. The molecule has 1 spiro atoms. The Morgan fingerprint density at radius 3 is 2.20 bits per heavy atom. The molecule has 1 N–H and O–H groups in total. The number of amides is 1. The van der Waals surface area contributed by atoms with Gasteiger partial charge < -0.3 is 15.1 Å². The highest BCUT2D eigenvalue weighted by Gasteiger charge is 2.44. The van der Waals surface area contributed by atoms with Gasteiger partial charge in [-0.1, -0.05) is 0 Å². The number of hydrogen-bond acceptors (Lipinski definition) is 4. The highest BCUT2D eigenvalue weighted by Crippen LogP contribution is 2.54. The normalized spacial score (nSPS) is 20.4. The zero-order valence-corrected chi connectivity index (χ0v) is 21.4. The van der Waals surface area contributed by atoms with E-state index in [1.807, 2.05) is 18.2 Å². The van der Waals surface area contributed by atoms with Crippen LogP contribution in [0.1, 0.15) is 54.4 Å². The molecule has 2 saturated heterocycles. The molecule has 0 atom stereocenters. The molecule has 1 aliphatic carbocycles. The van der Waals surface area contributed by atoms with Gasteiger partial charge in [0.1, 0.15) is 6.07 Å². The lowest BCUT2D eigenvalue weighted by atomic mass is 9.93. The number of rotatable bonds is 4. The number of benzene rings is 2. The molecule has 1 saturated carbocycles. The number of nitrogens with one attached hydrogen (secondary N) is 1. The predicted octanol–water partition coefficient (Wildman–Crippen LogP) is 6.17. The van der Waals surface area contributed by atoms with E-state index in [0.717, 1.165) is 35.2 Å². The predicted molar refractivity (Wildman–Crippen MR) is 138 cm³/mol. The van der Waals surface area contributed by atoms with Crippen molar-refractivity contribution < 1.29 is 18.0 Å². The average Bonchev–Trinajstić information content (AvgIpc) is 3.59. The fourth-order valence-electron chi connectivity index (χ4n) is 5.12. The summed E-state index contributed by atoms with van der Waals surface area (Å²) in [5.74, 6) is -3.88. The largest absolute Gasteiger partial charge is 0.371 e. The maximum atomic E-state index is 14.9. The average molecular weight is 594 g/mol. The zero-order valence-electron chi connectivity index (χ0n) is 19.2. The summed E-state index contributed by atoms with van der Waals surface area (Å²) in [7, 11) is 0. The number of nitrogens with zero attached hydrogens (tertiary/aromatic N) is 3. The highest BCUT2D eigenvalue weighted by molar-refractivity contribution is 14.1. The number of nitriles is 1. The molecule has 5 nitrogen and oxygen atoms in total. The minimum absolute atomic E-state index is 0.0239. The minimum Gasteiger partial charge on any atom is -0.371 e. The zero-order chi connectivity index (χ0) is 24.8. The third-order valence-electron chi connectivity index (χ3n) is 7.59. The van der Waals surface area contributed by atoms with E-state index < -0.39 is 11.7 Å². The second-order valence-corrected chi connectivity index (χ2v) is 11.2. The Kier molecular flexibility index (Phi) is 6.36. The van der Waals surface area contributed by atoms with Crippen molar-refractivity contribution >= 4 is 45.6 Å². The van der Waals surface area contributed by atoms with Crippen LogP contribution in [0.5, 0.6) is 0 Å². The van der Waals surface area contributed by atoms with Crippen LogP contribution in [-0.2, 0) is 0 Å². The first-order valence-electron chi connectivity index (χ1n) is 11.9. The van der Waals surface area contributed by atoms with Crippen LogP contribution in [0.25, 0.3) is 0 Å². The Hall–Kier alpha value is -2.48. The van der Waals surface area contributed by atoms with Crippen LogP contribution in [0.3, 0.4) is 0 Å². The number of anilines is 3. The van der Waals surface area contributed by atoms with E-state index in [4.69, 9.17) is 0 Å². The molecule has 3 aliphatic rings. The lowest BCUT2D eigenvalue weighted by Gasteiger charge is -2.35. The molecule has 0 aromatic heterocycles. The summed E-state index contributed by atoms with van der Waals surface area (Å²) in [6, 6.07) is 10.2. The van der Waals surface area contributed by atoms with Crippen LogP contribution < -0.4 is 15.1 Å². The summed E-state index contributed by atoms with van der Waals surface area (Å²) in [4.78, 5) is 17.1. The van der Waals surface area contributed by atoms with Crippen molar-refractivity contribution in [1.29, 1.82) is 5.26 Å². The van der Waals surface area contributed by atoms with Gasteiger partial charge in [0.25, 0.3) is 11.8 Å². The molecule has 35 heavy (non-hydrogen) atoms. The number of carbonyl (C=O) groups excluding carboxylic acids is 1. The Balaban J connectivity index is 1.40. The Morgan fingerprint density at radius 1 is 0.943 bits per heavy atom. The fraction of sp³-hybridized carbons (Fsp3) is 0.462. The lowest BCUT2D eigenvalue weighted by molar-refractivity contribution is -0.0221. The summed E-state index contributed by atoms with van der Waals surface area (Å²) < 4.78 is 43.2. The second-order valence-electron chi connectivity index (χ2n) is 9.91. The Bertz CT molecular complexity index is 1190. The van der Waals surface area contributed by atoms with Crippen LogP contribution in [-0.4, -0.2) is 38.0 Å². The van der Waals surface area contributed by atoms with E-state index in [9.17, 15) is 23.2 Å². The number of carbonyl (C=O) groups is 1. The first kappa shape index (κ1) is 24.2. The van der Waals surface area contributed by atoms with Crippen molar-refractivity contribution in [3.63, 3.8) is 0 Å². The number of halogens is 4.